The zero-order chi connectivity index (χ0) is 12.1. The lowest BCUT2D eigenvalue weighted by Gasteiger charge is -2.14. The van der Waals surface area contributed by atoms with Crippen LogP contribution < -0.4 is 5.73 Å². The molecule has 1 unspecified atom stereocenters. The van der Waals surface area contributed by atoms with Gasteiger partial charge in [0.15, 0.2) is 0 Å². The number of nitrogens with two attached hydrogens (primary N) is 1. The maximum absolute atomic E-state index is 6.27. The molecule has 0 radical (unpaired) electrons. The molecule has 0 aliphatic heterocycles. The molecule has 0 fully saturated rings. The second-order valence-corrected chi connectivity index (χ2v) is 4.52. The van der Waals surface area contributed by atoms with E-state index in [2.05, 4.69) is 24.0 Å². The molecule has 2 heteroatoms. The van der Waals surface area contributed by atoms with Crippen LogP contribution in [-0.2, 0) is 0 Å². The Labute approximate surface area is 103 Å². The Balaban J connectivity index is 2.22. The number of hydrogen-bond donors (Lipinski definition) is 1. The summed E-state index contributed by atoms with van der Waals surface area (Å²) in [5.41, 5.74) is 8.54. The van der Waals surface area contributed by atoms with Gasteiger partial charge in [0.2, 0.25) is 0 Å². The van der Waals surface area contributed by atoms with E-state index in [1.807, 2.05) is 24.4 Å². The van der Waals surface area contributed by atoms with Gasteiger partial charge < -0.3 is 5.73 Å². The number of fused-ring (bicyclic) bond motifs is 1. The summed E-state index contributed by atoms with van der Waals surface area (Å²) < 4.78 is 0. The van der Waals surface area contributed by atoms with Crippen LogP contribution in [0.4, 0.5) is 0 Å². The van der Waals surface area contributed by atoms with E-state index in [-0.39, 0.29) is 6.04 Å². The third-order valence-corrected chi connectivity index (χ3v) is 3.20. The Hall–Kier alpha value is -1.41. The van der Waals surface area contributed by atoms with Crippen molar-refractivity contribution in [2.45, 2.75) is 38.6 Å². The minimum absolute atomic E-state index is 0.134. The lowest BCUT2D eigenvalue weighted by molar-refractivity contribution is 0.583. The largest absolute Gasteiger partial charge is 0.324 e. The maximum Gasteiger partial charge on any atom is 0.0705 e. The summed E-state index contributed by atoms with van der Waals surface area (Å²) in [4.78, 5) is 4.37. The predicted octanol–water partition coefficient (Wildman–Crippen LogP) is 3.81. The minimum atomic E-state index is 0.134. The molecular formula is C15H20N2. The predicted molar refractivity (Wildman–Crippen MR) is 72.8 cm³/mol. The normalized spacial score (nSPS) is 12.8. The molecule has 17 heavy (non-hydrogen) atoms. The summed E-state index contributed by atoms with van der Waals surface area (Å²) in [5, 5.41) is 1.19. The maximum atomic E-state index is 6.27. The highest BCUT2D eigenvalue weighted by molar-refractivity contribution is 5.82. The van der Waals surface area contributed by atoms with E-state index in [9.17, 15) is 0 Å². The fraction of sp³-hybridized carbons (Fsp3) is 0.400. The summed E-state index contributed by atoms with van der Waals surface area (Å²) in [5.74, 6) is 0. The molecule has 2 nitrogen and oxygen atoms in total. The Morgan fingerprint density at radius 1 is 1.18 bits per heavy atom. The second kappa shape index (κ2) is 5.78. The minimum Gasteiger partial charge on any atom is -0.324 e. The molecule has 0 spiro atoms. The van der Waals surface area contributed by atoms with Crippen molar-refractivity contribution >= 4 is 10.9 Å². The topological polar surface area (TPSA) is 38.9 Å². The van der Waals surface area contributed by atoms with Crippen molar-refractivity contribution in [3.05, 3.63) is 42.1 Å². The number of unbranched alkanes of at least 4 members (excludes halogenated alkanes) is 2. The van der Waals surface area contributed by atoms with E-state index in [1.54, 1.807) is 0 Å². The molecule has 0 bridgehead atoms. The molecule has 0 aliphatic rings. The summed E-state index contributed by atoms with van der Waals surface area (Å²) in [6.45, 7) is 2.22. The standard InChI is InChI=1S/C15H20N2/c1-2-3-4-8-14(16)12-10-11-17-15-9-6-5-7-13(12)15/h5-7,9-11,14H,2-4,8,16H2,1H3. The Morgan fingerprint density at radius 2 is 2.00 bits per heavy atom. The van der Waals surface area contributed by atoms with E-state index >= 15 is 0 Å². The van der Waals surface area contributed by atoms with Gasteiger partial charge in [0, 0.05) is 17.6 Å². The summed E-state index contributed by atoms with van der Waals surface area (Å²) in [6, 6.07) is 10.4. The van der Waals surface area contributed by atoms with E-state index in [0.29, 0.717) is 0 Å². The van der Waals surface area contributed by atoms with E-state index < -0.39 is 0 Å². The van der Waals surface area contributed by atoms with Crippen LogP contribution in [0.25, 0.3) is 10.9 Å². The van der Waals surface area contributed by atoms with Gasteiger partial charge in [0.05, 0.1) is 5.52 Å². The number of nitrogens with zero attached hydrogens (tertiary/aromatic N) is 1. The summed E-state index contributed by atoms with van der Waals surface area (Å²) in [7, 11) is 0. The quantitative estimate of drug-likeness (QED) is 0.790. The monoisotopic (exact) mass is 228 g/mol. The molecule has 90 valence electrons. The van der Waals surface area contributed by atoms with Crippen LogP contribution in [0.15, 0.2) is 36.5 Å². The van der Waals surface area contributed by atoms with Gasteiger partial charge in [-0.2, -0.15) is 0 Å². The molecule has 0 saturated carbocycles. The molecule has 1 aromatic carbocycles. The van der Waals surface area contributed by atoms with Gasteiger partial charge in [-0.25, -0.2) is 0 Å². The molecule has 2 aromatic rings. The average Bonchev–Trinajstić information content (AvgIpc) is 2.38. The van der Waals surface area contributed by atoms with Gasteiger partial charge in [-0.05, 0) is 24.1 Å². The van der Waals surface area contributed by atoms with Crippen LogP contribution in [0.1, 0.15) is 44.2 Å². The number of para-hydroxylation sites is 1. The van der Waals surface area contributed by atoms with Crippen molar-refractivity contribution in [3.63, 3.8) is 0 Å². The van der Waals surface area contributed by atoms with Crippen molar-refractivity contribution in [1.29, 1.82) is 0 Å². The molecule has 0 amide bonds. The molecule has 0 aliphatic carbocycles. The van der Waals surface area contributed by atoms with Crippen molar-refractivity contribution in [2.75, 3.05) is 0 Å². The third-order valence-electron chi connectivity index (χ3n) is 3.20. The Bertz CT molecular complexity index is 474. The number of rotatable bonds is 5. The summed E-state index contributed by atoms with van der Waals surface area (Å²) >= 11 is 0. The van der Waals surface area contributed by atoms with E-state index in [4.69, 9.17) is 5.73 Å². The fourth-order valence-electron chi connectivity index (χ4n) is 2.21. The molecule has 1 atom stereocenters. The lowest BCUT2D eigenvalue weighted by atomic mass is 9.98. The first-order valence-corrected chi connectivity index (χ1v) is 6.42. The first-order chi connectivity index (χ1) is 8.33. The highest BCUT2D eigenvalue weighted by Crippen LogP contribution is 2.24. The number of aromatic nitrogens is 1. The molecule has 2 N–H and O–H groups in total. The summed E-state index contributed by atoms with van der Waals surface area (Å²) in [6.07, 6.45) is 6.62. The lowest BCUT2D eigenvalue weighted by Crippen LogP contribution is -2.10. The van der Waals surface area contributed by atoms with Crippen LogP contribution in [0, 0.1) is 0 Å². The number of pyridine rings is 1. The highest BCUT2D eigenvalue weighted by atomic mass is 14.7. The van der Waals surface area contributed by atoms with Crippen molar-refractivity contribution < 1.29 is 0 Å². The molecule has 1 heterocycles. The smallest absolute Gasteiger partial charge is 0.0705 e. The van der Waals surface area contributed by atoms with Crippen molar-refractivity contribution in [1.82, 2.24) is 4.98 Å². The van der Waals surface area contributed by atoms with Gasteiger partial charge in [0.1, 0.15) is 0 Å². The van der Waals surface area contributed by atoms with Gasteiger partial charge in [0.25, 0.3) is 0 Å². The van der Waals surface area contributed by atoms with Crippen molar-refractivity contribution in [2.24, 2.45) is 5.73 Å². The van der Waals surface area contributed by atoms with Crippen LogP contribution in [0.2, 0.25) is 0 Å². The van der Waals surface area contributed by atoms with Gasteiger partial charge >= 0.3 is 0 Å². The Kier molecular flexibility index (Phi) is 4.10. The van der Waals surface area contributed by atoms with Crippen LogP contribution in [-0.4, -0.2) is 4.98 Å². The van der Waals surface area contributed by atoms with Gasteiger partial charge in [-0.1, -0.05) is 44.4 Å². The highest BCUT2D eigenvalue weighted by Gasteiger charge is 2.09. The third kappa shape index (κ3) is 2.83. The zero-order valence-electron chi connectivity index (χ0n) is 10.4. The number of benzene rings is 1. The number of hydrogen-bond acceptors (Lipinski definition) is 2. The van der Waals surface area contributed by atoms with Crippen molar-refractivity contribution in [3.8, 4) is 0 Å². The zero-order valence-corrected chi connectivity index (χ0v) is 10.4. The first kappa shape index (κ1) is 12.1. The molecule has 1 aromatic heterocycles. The second-order valence-electron chi connectivity index (χ2n) is 4.52. The van der Waals surface area contributed by atoms with Crippen LogP contribution in [0.3, 0.4) is 0 Å². The fourth-order valence-corrected chi connectivity index (χ4v) is 2.21. The Morgan fingerprint density at radius 3 is 2.82 bits per heavy atom. The van der Waals surface area contributed by atoms with E-state index in [0.717, 1.165) is 11.9 Å². The molecular weight excluding hydrogens is 208 g/mol. The SMILES string of the molecule is CCCCCC(N)c1ccnc2ccccc12. The van der Waals surface area contributed by atoms with Crippen LogP contribution in [0.5, 0.6) is 0 Å². The average molecular weight is 228 g/mol. The molecule has 2 rings (SSSR count). The first-order valence-electron chi connectivity index (χ1n) is 6.42. The van der Waals surface area contributed by atoms with Crippen LogP contribution >= 0.6 is 0 Å². The van der Waals surface area contributed by atoms with E-state index in [1.165, 1.54) is 30.2 Å². The van der Waals surface area contributed by atoms with Gasteiger partial charge in [-0.15, -0.1) is 0 Å². The molecule has 0 saturated heterocycles. The van der Waals surface area contributed by atoms with Gasteiger partial charge in [-0.3, -0.25) is 4.98 Å².